The van der Waals surface area contributed by atoms with Gasteiger partial charge in [-0.1, -0.05) is 96.5 Å². The number of carbonyl (C=O) groups is 1. The van der Waals surface area contributed by atoms with Gasteiger partial charge in [-0.2, -0.15) is 8.42 Å². The first-order chi connectivity index (χ1) is 18.2. The summed E-state index contributed by atoms with van der Waals surface area (Å²) >= 11 is 0. The molecule has 0 aromatic carbocycles. The van der Waals surface area contributed by atoms with Crippen molar-refractivity contribution in [1.82, 2.24) is 5.32 Å². The van der Waals surface area contributed by atoms with E-state index in [4.69, 9.17) is 9.47 Å². The molecule has 0 spiro atoms. The van der Waals surface area contributed by atoms with E-state index in [9.17, 15) is 28.0 Å². The predicted octanol–water partition coefficient (Wildman–Crippen LogP) is 4.20. The average Bonchev–Trinajstić information content (AvgIpc) is 2.87. The molecule has 0 aliphatic carbocycles. The van der Waals surface area contributed by atoms with Gasteiger partial charge < -0.3 is 25.0 Å². The summed E-state index contributed by atoms with van der Waals surface area (Å²) in [6.45, 7) is 5.43. The van der Waals surface area contributed by atoms with Gasteiger partial charge in [0, 0.05) is 13.0 Å². The van der Waals surface area contributed by atoms with Crippen molar-refractivity contribution in [3.63, 3.8) is 0 Å². The Labute approximate surface area is 229 Å². The Morgan fingerprint density at radius 1 is 0.974 bits per heavy atom. The fourth-order valence-corrected chi connectivity index (χ4v) is 5.12. The van der Waals surface area contributed by atoms with Gasteiger partial charge in [0.2, 0.25) is 5.91 Å². The highest BCUT2D eigenvalue weighted by molar-refractivity contribution is 7.80. The number of hydrogen-bond donors (Lipinski definition) is 4. The SMILES string of the molecule is C=CCCC(=O)N[C@H]1[C@@H](OCCCCCCCCCCCCCCCC)O[C@H](CO)[C@@H](O)[C@@H]1OS(=O)(=O)O. The van der Waals surface area contributed by atoms with Crippen molar-refractivity contribution >= 4 is 16.3 Å². The van der Waals surface area contributed by atoms with Crippen LogP contribution in [0.2, 0.25) is 0 Å². The number of aliphatic hydroxyl groups excluding tert-OH is 2. The summed E-state index contributed by atoms with van der Waals surface area (Å²) in [6.07, 6.45) is 13.4. The van der Waals surface area contributed by atoms with Crippen molar-refractivity contribution in [3.05, 3.63) is 12.7 Å². The lowest BCUT2D eigenvalue weighted by molar-refractivity contribution is -0.266. The Hall–Kier alpha value is -1.08. The zero-order chi connectivity index (χ0) is 28.2. The smallest absolute Gasteiger partial charge is 0.394 e. The summed E-state index contributed by atoms with van der Waals surface area (Å²) in [5.74, 6) is -0.456. The summed E-state index contributed by atoms with van der Waals surface area (Å²) in [4.78, 5) is 12.3. The Morgan fingerprint density at radius 2 is 1.50 bits per heavy atom. The minimum absolute atomic E-state index is 0.0732. The van der Waals surface area contributed by atoms with Crippen molar-refractivity contribution < 1.29 is 41.6 Å². The van der Waals surface area contributed by atoms with E-state index in [1.54, 1.807) is 6.08 Å². The van der Waals surface area contributed by atoms with Crippen molar-refractivity contribution in [3.8, 4) is 0 Å². The molecule has 1 saturated heterocycles. The Bertz CT molecular complexity index is 734. The van der Waals surface area contributed by atoms with Crippen molar-refractivity contribution in [2.24, 2.45) is 0 Å². The van der Waals surface area contributed by atoms with Gasteiger partial charge in [-0.05, 0) is 12.8 Å². The molecular weight excluding hydrogens is 514 g/mol. The molecule has 1 heterocycles. The van der Waals surface area contributed by atoms with Gasteiger partial charge in [-0.15, -0.1) is 6.58 Å². The lowest BCUT2D eigenvalue weighted by Crippen LogP contribution is -2.65. The molecule has 0 radical (unpaired) electrons. The summed E-state index contributed by atoms with van der Waals surface area (Å²) in [5.41, 5.74) is 0. The first-order valence-electron chi connectivity index (χ1n) is 14.4. The number of carbonyl (C=O) groups excluding carboxylic acids is 1. The minimum Gasteiger partial charge on any atom is -0.394 e. The van der Waals surface area contributed by atoms with Crippen LogP contribution in [0.25, 0.3) is 0 Å². The van der Waals surface area contributed by atoms with Crippen LogP contribution in [0.5, 0.6) is 0 Å². The van der Waals surface area contributed by atoms with Crippen molar-refractivity contribution in [2.45, 2.75) is 140 Å². The zero-order valence-corrected chi connectivity index (χ0v) is 23.9. The molecule has 0 saturated carbocycles. The van der Waals surface area contributed by atoms with E-state index < -0.39 is 53.6 Å². The maximum atomic E-state index is 12.3. The monoisotopic (exact) mass is 565 g/mol. The quantitative estimate of drug-likeness (QED) is 0.0811. The fourth-order valence-electron chi connectivity index (χ4n) is 4.60. The Kier molecular flexibility index (Phi) is 19.1. The predicted molar refractivity (Wildman–Crippen MR) is 146 cm³/mol. The number of ether oxygens (including phenoxy) is 2. The summed E-state index contributed by atoms with van der Waals surface area (Å²) in [6, 6.07) is -1.22. The standard InChI is InChI=1S/C27H51NO9S/c1-3-5-7-8-9-10-11-12-13-14-15-16-17-18-20-35-27-24(28-23(30)19-6-4-2)26(37-38(32,33)34)25(31)22(21-29)36-27/h4,22,24-27,29,31H,2-3,5-21H2,1H3,(H,28,30)(H,32,33,34)/t22-,24-,25-,26-,27+/m1/s1. The van der Waals surface area contributed by atoms with E-state index in [1.807, 2.05) is 0 Å². The molecule has 0 bridgehead atoms. The van der Waals surface area contributed by atoms with Crippen LogP contribution in [-0.4, -0.2) is 72.9 Å². The lowest BCUT2D eigenvalue weighted by Gasteiger charge is -2.43. The third-order valence-electron chi connectivity index (χ3n) is 6.77. The van der Waals surface area contributed by atoms with E-state index in [1.165, 1.54) is 64.2 Å². The largest absolute Gasteiger partial charge is 0.397 e. The Balaban J connectivity index is 2.43. The summed E-state index contributed by atoms with van der Waals surface area (Å²) < 4.78 is 48.1. The van der Waals surface area contributed by atoms with E-state index >= 15 is 0 Å². The number of allylic oxidation sites excluding steroid dienone is 1. The topological polar surface area (TPSA) is 152 Å². The number of amides is 1. The molecule has 1 amide bonds. The fraction of sp³-hybridized carbons (Fsp3) is 0.889. The molecule has 11 heteroatoms. The molecule has 0 unspecified atom stereocenters. The van der Waals surface area contributed by atoms with Crippen LogP contribution in [-0.2, 0) is 28.9 Å². The highest BCUT2D eigenvalue weighted by Crippen LogP contribution is 2.26. The highest BCUT2D eigenvalue weighted by atomic mass is 32.3. The minimum atomic E-state index is -4.97. The number of nitrogens with one attached hydrogen (secondary N) is 1. The van der Waals surface area contributed by atoms with Gasteiger partial charge in [0.15, 0.2) is 6.29 Å². The summed E-state index contributed by atoms with van der Waals surface area (Å²) in [7, 11) is -4.97. The second kappa shape index (κ2) is 20.8. The third kappa shape index (κ3) is 15.5. The van der Waals surface area contributed by atoms with E-state index in [-0.39, 0.29) is 13.0 Å². The zero-order valence-electron chi connectivity index (χ0n) is 23.1. The molecule has 38 heavy (non-hydrogen) atoms. The van der Waals surface area contributed by atoms with Gasteiger partial charge in [0.25, 0.3) is 0 Å². The normalized spacial score (nSPS) is 23.8. The first kappa shape index (κ1) is 34.9. The molecular formula is C27H51NO9S. The van der Waals surface area contributed by atoms with E-state index in [0.29, 0.717) is 6.42 Å². The summed E-state index contributed by atoms with van der Waals surface area (Å²) in [5, 5.41) is 22.6. The number of aliphatic hydroxyl groups is 2. The van der Waals surface area contributed by atoms with Gasteiger partial charge in [-0.25, -0.2) is 4.18 Å². The number of unbranched alkanes of at least 4 members (excludes halogenated alkanes) is 13. The van der Waals surface area contributed by atoms with E-state index in [2.05, 4.69) is 23.0 Å². The number of rotatable bonds is 23. The molecule has 10 nitrogen and oxygen atoms in total. The van der Waals surface area contributed by atoms with Gasteiger partial charge in [0.05, 0.1) is 6.61 Å². The first-order valence-corrected chi connectivity index (χ1v) is 15.7. The Morgan fingerprint density at radius 3 is 1.97 bits per heavy atom. The van der Waals surface area contributed by atoms with Crippen LogP contribution in [0.4, 0.5) is 0 Å². The second-order valence-corrected chi connectivity index (χ2v) is 11.1. The number of hydrogen-bond acceptors (Lipinski definition) is 8. The molecule has 0 aromatic rings. The molecule has 1 aliphatic rings. The van der Waals surface area contributed by atoms with Crippen molar-refractivity contribution in [1.29, 1.82) is 0 Å². The van der Waals surface area contributed by atoms with Crippen LogP contribution < -0.4 is 5.32 Å². The second-order valence-electron chi connectivity index (χ2n) is 10.1. The van der Waals surface area contributed by atoms with Crippen LogP contribution in [0, 0.1) is 0 Å². The van der Waals surface area contributed by atoms with Gasteiger partial charge in [0.1, 0.15) is 24.4 Å². The molecule has 224 valence electrons. The van der Waals surface area contributed by atoms with Crippen LogP contribution in [0.3, 0.4) is 0 Å². The van der Waals surface area contributed by atoms with Gasteiger partial charge in [-0.3, -0.25) is 9.35 Å². The molecule has 5 atom stereocenters. The molecule has 4 N–H and O–H groups in total. The molecule has 0 aromatic heterocycles. The van der Waals surface area contributed by atoms with E-state index in [0.717, 1.165) is 25.7 Å². The lowest BCUT2D eigenvalue weighted by atomic mass is 9.96. The van der Waals surface area contributed by atoms with Crippen molar-refractivity contribution in [2.75, 3.05) is 13.2 Å². The highest BCUT2D eigenvalue weighted by Gasteiger charge is 2.49. The third-order valence-corrected chi connectivity index (χ3v) is 7.23. The maximum Gasteiger partial charge on any atom is 0.397 e. The molecule has 1 rings (SSSR count). The van der Waals surface area contributed by atoms with Crippen LogP contribution >= 0.6 is 0 Å². The van der Waals surface area contributed by atoms with Crippen LogP contribution in [0.1, 0.15) is 110 Å². The average molecular weight is 566 g/mol. The maximum absolute atomic E-state index is 12.3. The van der Waals surface area contributed by atoms with Gasteiger partial charge >= 0.3 is 10.4 Å². The van der Waals surface area contributed by atoms with Crippen LogP contribution in [0.15, 0.2) is 12.7 Å². The molecule has 1 aliphatic heterocycles. The molecule has 1 fully saturated rings.